The fourth-order valence-electron chi connectivity index (χ4n) is 2.51. The van der Waals surface area contributed by atoms with Crippen molar-refractivity contribution in [2.45, 2.75) is 26.7 Å². The molecule has 9 heteroatoms. The van der Waals surface area contributed by atoms with Gasteiger partial charge in [0.15, 0.2) is 10.8 Å². The number of aromatic nitrogens is 3. The minimum atomic E-state index is -0.510. The molecule has 8 nitrogen and oxygen atoms in total. The molecule has 0 spiro atoms. The van der Waals surface area contributed by atoms with Gasteiger partial charge < -0.3 is 15.0 Å². The third kappa shape index (κ3) is 4.37. The Balaban J connectivity index is 1.64. The molecule has 2 N–H and O–H groups in total. The molecule has 1 aromatic carbocycles. The van der Waals surface area contributed by atoms with Crippen LogP contribution in [0.3, 0.4) is 0 Å². The van der Waals surface area contributed by atoms with E-state index in [0.29, 0.717) is 26.7 Å². The average Bonchev–Trinajstić information content (AvgIpc) is 3.00. The number of fused-ring (bicyclic) bond motifs is 1. The van der Waals surface area contributed by atoms with Crippen molar-refractivity contribution in [1.82, 2.24) is 15.0 Å². The molecule has 0 aliphatic rings. The van der Waals surface area contributed by atoms with Crippen LogP contribution in [0.15, 0.2) is 29.1 Å². The quantitative estimate of drug-likeness (QED) is 0.629. The van der Waals surface area contributed by atoms with E-state index in [1.807, 2.05) is 0 Å². The first-order chi connectivity index (χ1) is 13.0. The molecule has 0 bridgehead atoms. The lowest BCUT2D eigenvalue weighted by atomic mass is 10.2. The van der Waals surface area contributed by atoms with Crippen molar-refractivity contribution in [2.24, 2.45) is 0 Å². The number of esters is 1. The van der Waals surface area contributed by atoms with E-state index in [2.05, 4.69) is 20.3 Å². The van der Waals surface area contributed by atoms with Crippen LogP contribution in [-0.4, -0.2) is 33.4 Å². The van der Waals surface area contributed by atoms with Crippen molar-refractivity contribution in [3.05, 3.63) is 51.0 Å². The highest BCUT2D eigenvalue weighted by Crippen LogP contribution is 2.23. The Morgan fingerprint density at radius 3 is 2.81 bits per heavy atom. The number of benzene rings is 1. The molecule has 0 saturated heterocycles. The van der Waals surface area contributed by atoms with Gasteiger partial charge >= 0.3 is 5.97 Å². The minimum Gasteiger partial charge on any atom is -0.461 e. The first kappa shape index (κ1) is 18.7. The van der Waals surface area contributed by atoms with Crippen LogP contribution < -0.4 is 10.9 Å². The van der Waals surface area contributed by atoms with E-state index in [1.165, 1.54) is 11.3 Å². The Labute approximate surface area is 158 Å². The molecule has 2 heterocycles. The van der Waals surface area contributed by atoms with Crippen molar-refractivity contribution < 1.29 is 14.3 Å². The molecule has 0 aliphatic heterocycles. The van der Waals surface area contributed by atoms with Gasteiger partial charge in [-0.2, -0.15) is 0 Å². The molecule has 2 aromatic heterocycles. The monoisotopic (exact) mass is 386 g/mol. The minimum absolute atomic E-state index is 0.120. The van der Waals surface area contributed by atoms with Gasteiger partial charge in [-0.05, 0) is 26.0 Å². The van der Waals surface area contributed by atoms with Crippen molar-refractivity contribution in [3.63, 3.8) is 0 Å². The molecule has 0 unspecified atom stereocenters. The number of carbonyl (C=O) groups is 2. The lowest BCUT2D eigenvalue weighted by molar-refractivity contribution is -0.116. The largest absolute Gasteiger partial charge is 0.461 e. The van der Waals surface area contributed by atoms with Crippen molar-refractivity contribution in [3.8, 4) is 0 Å². The lowest BCUT2D eigenvalue weighted by Crippen LogP contribution is -2.16. The molecule has 0 atom stereocenters. The fourth-order valence-corrected chi connectivity index (χ4v) is 3.32. The number of amides is 1. The molecule has 0 aliphatic carbocycles. The average molecular weight is 386 g/mol. The Kier molecular flexibility index (Phi) is 5.60. The van der Waals surface area contributed by atoms with E-state index >= 15 is 0 Å². The van der Waals surface area contributed by atoms with Gasteiger partial charge in [0.2, 0.25) is 5.91 Å². The van der Waals surface area contributed by atoms with Crippen molar-refractivity contribution in [1.29, 1.82) is 0 Å². The zero-order valence-corrected chi connectivity index (χ0v) is 15.7. The summed E-state index contributed by atoms with van der Waals surface area (Å²) in [5.41, 5.74) is 0.564. The Morgan fingerprint density at radius 2 is 2.04 bits per heavy atom. The second-order valence-corrected chi connectivity index (χ2v) is 6.93. The number of aromatic amines is 1. The highest BCUT2D eigenvalue weighted by Gasteiger charge is 2.17. The van der Waals surface area contributed by atoms with Gasteiger partial charge in [-0.3, -0.25) is 9.59 Å². The fraction of sp³-hybridized carbons (Fsp3) is 0.278. The van der Waals surface area contributed by atoms with Crippen LogP contribution in [0.1, 0.15) is 34.5 Å². The van der Waals surface area contributed by atoms with Crippen LogP contribution in [0.2, 0.25) is 0 Å². The van der Waals surface area contributed by atoms with Gasteiger partial charge in [-0.25, -0.2) is 14.8 Å². The van der Waals surface area contributed by atoms with Gasteiger partial charge in [0, 0.05) is 17.7 Å². The normalized spacial score (nSPS) is 10.7. The number of H-pyrrole nitrogens is 1. The zero-order valence-electron chi connectivity index (χ0n) is 14.9. The summed E-state index contributed by atoms with van der Waals surface area (Å²) in [6.45, 7) is 3.71. The predicted octanol–water partition coefficient (Wildman–Crippen LogP) is 2.44. The van der Waals surface area contributed by atoms with Crippen LogP contribution in [0.25, 0.3) is 10.9 Å². The van der Waals surface area contributed by atoms with Crippen LogP contribution >= 0.6 is 11.3 Å². The summed E-state index contributed by atoms with van der Waals surface area (Å²) in [4.78, 5) is 47.8. The van der Waals surface area contributed by atoms with E-state index in [-0.39, 0.29) is 36.6 Å². The topological polar surface area (TPSA) is 114 Å². The summed E-state index contributed by atoms with van der Waals surface area (Å²) < 4.78 is 4.93. The standard InChI is InChI=1S/C18H18N4O4S/c1-3-26-17(25)15-10(2)27-18(22-15)21-14(23)9-8-13-19-12-7-5-4-6-11(12)16(24)20-13/h4-7H,3,8-9H2,1-2H3,(H,19,20,24)(H,21,22,23). The first-order valence-electron chi connectivity index (χ1n) is 8.40. The van der Waals surface area contributed by atoms with Crippen LogP contribution in [0, 0.1) is 6.92 Å². The first-order valence-corrected chi connectivity index (χ1v) is 9.22. The van der Waals surface area contributed by atoms with E-state index < -0.39 is 5.97 Å². The van der Waals surface area contributed by atoms with Gasteiger partial charge in [-0.15, -0.1) is 11.3 Å². The summed E-state index contributed by atoms with van der Waals surface area (Å²) in [5, 5.41) is 3.51. The summed E-state index contributed by atoms with van der Waals surface area (Å²) in [6, 6.07) is 7.02. The number of hydrogen-bond donors (Lipinski definition) is 2. The van der Waals surface area contributed by atoms with Gasteiger partial charge in [0.05, 0.1) is 17.5 Å². The SMILES string of the molecule is CCOC(=O)c1nc(NC(=O)CCc2nc3ccccc3c(=O)[nH]2)sc1C. The van der Waals surface area contributed by atoms with Gasteiger partial charge in [-0.1, -0.05) is 12.1 Å². The van der Waals surface area contributed by atoms with Crippen LogP contribution in [-0.2, 0) is 16.0 Å². The summed E-state index contributed by atoms with van der Waals surface area (Å²) in [5.74, 6) is -0.351. The molecule has 1 amide bonds. The third-order valence-corrected chi connectivity index (χ3v) is 4.65. The molecule has 3 rings (SSSR count). The highest BCUT2D eigenvalue weighted by atomic mass is 32.1. The number of nitrogens with zero attached hydrogens (tertiary/aromatic N) is 2. The number of nitrogens with one attached hydrogen (secondary N) is 2. The second kappa shape index (κ2) is 8.09. The summed E-state index contributed by atoms with van der Waals surface area (Å²) in [7, 11) is 0. The summed E-state index contributed by atoms with van der Waals surface area (Å²) in [6.07, 6.45) is 0.398. The number of ether oxygens (including phenoxy) is 1. The number of hydrogen-bond acceptors (Lipinski definition) is 7. The smallest absolute Gasteiger partial charge is 0.358 e. The number of aryl methyl sites for hydroxylation is 2. The summed E-state index contributed by atoms with van der Waals surface area (Å²) >= 11 is 1.21. The molecular formula is C18H18N4O4S. The Hall–Kier alpha value is -3.07. The van der Waals surface area contributed by atoms with Gasteiger partial charge in [0.25, 0.3) is 5.56 Å². The molecular weight excluding hydrogens is 368 g/mol. The van der Waals surface area contributed by atoms with Crippen LogP contribution in [0.5, 0.6) is 0 Å². The van der Waals surface area contributed by atoms with Crippen LogP contribution in [0.4, 0.5) is 5.13 Å². The number of thiazole rings is 1. The van der Waals surface area contributed by atoms with Gasteiger partial charge in [0.1, 0.15) is 5.82 Å². The van der Waals surface area contributed by atoms with Crippen molar-refractivity contribution >= 4 is 39.2 Å². The molecule has 0 saturated carbocycles. The second-order valence-electron chi connectivity index (χ2n) is 5.72. The maximum Gasteiger partial charge on any atom is 0.358 e. The lowest BCUT2D eigenvalue weighted by Gasteiger charge is -2.03. The molecule has 27 heavy (non-hydrogen) atoms. The molecule has 0 radical (unpaired) electrons. The third-order valence-electron chi connectivity index (χ3n) is 3.76. The molecule has 140 valence electrons. The molecule has 0 fully saturated rings. The number of para-hydroxylation sites is 1. The number of carbonyl (C=O) groups excluding carboxylic acids is 2. The molecule has 3 aromatic rings. The van der Waals surface area contributed by atoms with E-state index in [4.69, 9.17) is 4.74 Å². The zero-order chi connectivity index (χ0) is 19.4. The maximum atomic E-state index is 12.2. The van der Waals surface area contributed by atoms with E-state index in [1.54, 1.807) is 38.1 Å². The highest BCUT2D eigenvalue weighted by molar-refractivity contribution is 7.16. The number of rotatable bonds is 6. The van der Waals surface area contributed by atoms with E-state index in [0.717, 1.165) is 0 Å². The predicted molar refractivity (Wildman–Crippen MR) is 102 cm³/mol. The Morgan fingerprint density at radius 1 is 1.26 bits per heavy atom. The maximum absolute atomic E-state index is 12.2. The number of anilines is 1. The van der Waals surface area contributed by atoms with Crippen molar-refractivity contribution in [2.75, 3.05) is 11.9 Å². The van der Waals surface area contributed by atoms with E-state index in [9.17, 15) is 14.4 Å². The Bertz CT molecular complexity index is 1060.